The fourth-order valence-electron chi connectivity index (χ4n) is 2.99. The smallest absolute Gasteiger partial charge is 0.255 e. The van der Waals surface area contributed by atoms with E-state index < -0.39 is 15.8 Å². The van der Waals surface area contributed by atoms with Crippen LogP contribution in [0, 0.1) is 19.7 Å². The summed E-state index contributed by atoms with van der Waals surface area (Å²) in [4.78, 5) is 14.5. The highest BCUT2D eigenvalue weighted by Crippen LogP contribution is 2.23. The van der Waals surface area contributed by atoms with Crippen molar-refractivity contribution >= 4 is 31.9 Å². The first-order valence-electron chi connectivity index (χ1n) is 8.52. The molecule has 2 aromatic rings. The first kappa shape index (κ1) is 20.0. The lowest BCUT2D eigenvalue weighted by atomic mass is 10.1. The van der Waals surface area contributed by atoms with Crippen LogP contribution in [-0.2, 0) is 10.0 Å². The largest absolute Gasteiger partial charge is 0.336 e. The molecule has 3 rings (SSSR count). The topological polar surface area (TPSA) is 57.7 Å². The molecule has 0 bridgehead atoms. The molecular formula is C19H20BrFN2O3S. The predicted molar refractivity (Wildman–Crippen MR) is 105 cm³/mol. The van der Waals surface area contributed by atoms with Gasteiger partial charge < -0.3 is 4.90 Å². The van der Waals surface area contributed by atoms with Crippen molar-refractivity contribution in [3.05, 3.63) is 63.4 Å². The third-order valence-corrected chi connectivity index (χ3v) is 7.35. The maximum atomic E-state index is 13.2. The fourth-order valence-corrected chi connectivity index (χ4v) is 5.02. The zero-order valence-corrected chi connectivity index (χ0v) is 17.5. The van der Waals surface area contributed by atoms with E-state index in [4.69, 9.17) is 0 Å². The highest BCUT2D eigenvalue weighted by atomic mass is 79.9. The lowest BCUT2D eigenvalue weighted by Crippen LogP contribution is -2.50. The van der Waals surface area contributed by atoms with Gasteiger partial charge in [0.1, 0.15) is 5.82 Å². The summed E-state index contributed by atoms with van der Waals surface area (Å²) in [6.45, 7) is 4.83. The van der Waals surface area contributed by atoms with Gasteiger partial charge in [-0.05, 0) is 71.2 Å². The van der Waals surface area contributed by atoms with Gasteiger partial charge in [-0.3, -0.25) is 4.79 Å². The number of hydrogen-bond donors (Lipinski definition) is 0. The van der Waals surface area contributed by atoms with Crippen LogP contribution in [0.3, 0.4) is 0 Å². The maximum absolute atomic E-state index is 13.2. The summed E-state index contributed by atoms with van der Waals surface area (Å²) >= 11 is 3.21. The van der Waals surface area contributed by atoms with E-state index in [2.05, 4.69) is 15.9 Å². The molecule has 0 atom stereocenters. The summed E-state index contributed by atoms with van der Waals surface area (Å²) in [6.07, 6.45) is 0. The highest BCUT2D eigenvalue weighted by molar-refractivity contribution is 9.10. The van der Waals surface area contributed by atoms with E-state index in [1.54, 1.807) is 23.1 Å². The van der Waals surface area contributed by atoms with E-state index in [0.29, 0.717) is 10.0 Å². The Kier molecular flexibility index (Phi) is 5.69. The normalized spacial score (nSPS) is 15.8. The molecule has 0 N–H and O–H groups in total. The number of aryl methyl sites for hydroxylation is 2. The van der Waals surface area contributed by atoms with E-state index >= 15 is 0 Å². The van der Waals surface area contributed by atoms with Gasteiger partial charge >= 0.3 is 0 Å². The van der Waals surface area contributed by atoms with Crippen LogP contribution in [0.2, 0.25) is 0 Å². The SMILES string of the molecule is Cc1ccc(S(=O)(=O)N2CCN(C(=O)c3ccc(F)cc3Br)CC2)cc1C. The average Bonchev–Trinajstić information content (AvgIpc) is 2.63. The first-order valence-corrected chi connectivity index (χ1v) is 10.7. The van der Waals surface area contributed by atoms with Crippen molar-refractivity contribution in [3.8, 4) is 0 Å². The Bertz CT molecular complexity index is 986. The number of carbonyl (C=O) groups excluding carboxylic acids is 1. The second kappa shape index (κ2) is 7.69. The quantitative estimate of drug-likeness (QED) is 0.714. The Hall–Kier alpha value is -1.77. The number of halogens is 2. The van der Waals surface area contributed by atoms with E-state index in [1.165, 1.54) is 22.5 Å². The minimum Gasteiger partial charge on any atom is -0.336 e. The van der Waals surface area contributed by atoms with Crippen molar-refractivity contribution in [3.63, 3.8) is 0 Å². The van der Waals surface area contributed by atoms with Crippen molar-refractivity contribution in [2.45, 2.75) is 18.7 Å². The van der Waals surface area contributed by atoms with Gasteiger partial charge in [0.15, 0.2) is 0 Å². The third-order valence-electron chi connectivity index (χ3n) is 4.80. The molecule has 0 aliphatic carbocycles. The van der Waals surface area contributed by atoms with Crippen molar-refractivity contribution in [1.82, 2.24) is 9.21 Å². The van der Waals surface area contributed by atoms with Gasteiger partial charge in [0, 0.05) is 30.7 Å². The summed E-state index contributed by atoms with van der Waals surface area (Å²) in [7, 11) is -3.59. The minimum absolute atomic E-state index is 0.222. The van der Waals surface area contributed by atoms with Crippen molar-refractivity contribution in [2.75, 3.05) is 26.2 Å². The molecule has 1 fully saturated rings. The zero-order chi connectivity index (χ0) is 19.8. The average molecular weight is 455 g/mol. The van der Waals surface area contributed by atoms with Gasteiger partial charge in [0.2, 0.25) is 10.0 Å². The predicted octanol–water partition coefficient (Wildman–Crippen LogP) is 3.35. The molecule has 27 heavy (non-hydrogen) atoms. The van der Waals surface area contributed by atoms with Crippen molar-refractivity contribution in [2.24, 2.45) is 0 Å². The van der Waals surface area contributed by atoms with Crippen molar-refractivity contribution in [1.29, 1.82) is 0 Å². The molecule has 1 aliphatic rings. The van der Waals surface area contributed by atoms with Crippen LogP contribution in [-0.4, -0.2) is 49.7 Å². The van der Waals surface area contributed by atoms with Crippen LogP contribution in [0.25, 0.3) is 0 Å². The molecule has 144 valence electrons. The van der Waals surface area contributed by atoms with Crippen LogP contribution in [0.15, 0.2) is 45.8 Å². The zero-order valence-electron chi connectivity index (χ0n) is 15.1. The lowest BCUT2D eigenvalue weighted by Gasteiger charge is -2.34. The van der Waals surface area contributed by atoms with Gasteiger partial charge in [-0.25, -0.2) is 12.8 Å². The molecule has 0 aromatic heterocycles. The molecule has 0 radical (unpaired) electrons. The Labute approximate surface area is 167 Å². The second-order valence-corrected chi connectivity index (χ2v) is 9.36. The molecule has 1 aliphatic heterocycles. The fraction of sp³-hybridized carbons (Fsp3) is 0.316. The molecular weight excluding hydrogens is 435 g/mol. The molecule has 1 amide bonds. The van der Waals surface area contributed by atoms with E-state index in [9.17, 15) is 17.6 Å². The molecule has 2 aromatic carbocycles. The van der Waals surface area contributed by atoms with E-state index in [-0.39, 0.29) is 37.0 Å². The van der Waals surface area contributed by atoms with Crippen LogP contribution in [0.1, 0.15) is 21.5 Å². The second-order valence-electron chi connectivity index (χ2n) is 6.57. The lowest BCUT2D eigenvalue weighted by molar-refractivity contribution is 0.0697. The van der Waals surface area contributed by atoms with Gasteiger partial charge in [-0.2, -0.15) is 4.31 Å². The maximum Gasteiger partial charge on any atom is 0.255 e. The number of amides is 1. The Morgan fingerprint density at radius 1 is 1.00 bits per heavy atom. The van der Waals surface area contributed by atoms with Crippen LogP contribution < -0.4 is 0 Å². The number of hydrogen-bond acceptors (Lipinski definition) is 3. The van der Waals surface area contributed by atoms with E-state index in [0.717, 1.165) is 11.1 Å². The summed E-state index contributed by atoms with van der Waals surface area (Å²) in [5, 5.41) is 0. The van der Waals surface area contributed by atoms with Crippen molar-refractivity contribution < 1.29 is 17.6 Å². The minimum atomic E-state index is -3.59. The summed E-state index contributed by atoms with van der Waals surface area (Å²) in [5.74, 6) is -0.673. The number of piperazine rings is 1. The Morgan fingerprint density at radius 3 is 2.26 bits per heavy atom. The van der Waals surface area contributed by atoms with Crippen LogP contribution in [0.4, 0.5) is 4.39 Å². The Morgan fingerprint density at radius 2 is 1.67 bits per heavy atom. The molecule has 8 heteroatoms. The highest BCUT2D eigenvalue weighted by Gasteiger charge is 2.31. The monoisotopic (exact) mass is 454 g/mol. The van der Waals surface area contributed by atoms with Gasteiger partial charge in [0.05, 0.1) is 10.5 Å². The van der Waals surface area contributed by atoms with E-state index in [1.807, 2.05) is 13.8 Å². The molecule has 0 unspecified atom stereocenters. The number of sulfonamides is 1. The summed E-state index contributed by atoms with van der Waals surface area (Å²) < 4.78 is 40.7. The third kappa shape index (κ3) is 4.07. The summed E-state index contributed by atoms with van der Waals surface area (Å²) in [6, 6.07) is 9.00. The molecule has 0 spiro atoms. The number of carbonyl (C=O) groups is 1. The number of rotatable bonds is 3. The van der Waals surface area contributed by atoms with Crippen LogP contribution in [0.5, 0.6) is 0 Å². The van der Waals surface area contributed by atoms with Gasteiger partial charge in [0.25, 0.3) is 5.91 Å². The summed E-state index contributed by atoms with van der Waals surface area (Å²) in [5.41, 5.74) is 2.32. The molecule has 1 heterocycles. The molecule has 5 nitrogen and oxygen atoms in total. The standard InChI is InChI=1S/C19H20BrFN2O3S/c1-13-3-5-16(11-14(13)2)27(25,26)23-9-7-22(8-10-23)19(24)17-6-4-15(21)12-18(17)20/h3-6,11-12H,7-10H2,1-2H3. The van der Waals surface area contributed by atoms with Gasteiger partial charge in [-0.15, -0.1) is 0 Å². The Balaban J connectivity index is 1.72. The number of benzene rings is 2. The first-order chi connectivity index (χ1) is 12.7. The van der Waals surface area contributed by atoms with Gasteiger partial charge in [-0.1, -0.05) is 6.07 Å². The molecule has 0 saturated carbocycles. The molecule has 1 saturated heterocycles. The number of nitrogens with zero attached hydrogens (tertiary/aromatic N) is 2. The van der Waals surface area contributed by atoms with Crippen LogP contribution >= 0.6 is 15.9 Å².